The molecule has 0 bridgehead atoms. The van der Waals surface area contributed by atoms with Gasteiger partial charge in [0.2, 0.25) is 11.6 Å². The summed E-state index contributed by atoms with van der Waals surface area (Å²) in [5.41, 5.74) is 3.96. The van der Waals surface area contributed by atoms with Crippen molar-refractivity contribution in [3.63, 3.8) is 0 Å². The highest BCUT2D eigenvalue weighted by molar-refractivity contribution is 5.95. The van der Waals surface area contributed by atoms with E-state index < -0.39 is 0 Å². The van der Waals surface area contributed by atoms with Crippen LogP contribution in [0.2, 0.25) is 0 Å². The number of nitrogens with zero attached hydrogens (tertiary/aromatic N) is 2. The van der Waals surface area contributed by atoms with Gasteiger partial charge in [-0.05, 0) is 61.4 Å². The normalized spacial score (nSPS) is 10.6. The van der Waals surface area contributed by atoms with E-state index in [-0.39, 0.29) is 18.4 Å². The van der Waals surface area contributed by atoms with Crippen molar-refractivity contribution < 1.29 is 28.3 Å². The number of nitrogens with one attached hydrogen (secondary N) is 1. The van der Waals surface area contributed by atoms with E-state index in [1.54, 1.807) is 30.3 Å². The van der Waals surface area contributed by atoms with Gasteiger partial charge in [0, 0.05) is 5.56 Å². The van der Waals surface area contributed by atoms with Crippen molar-refractivity contribution in [2.75, 3.05) is 33.3 Å². The molecule has 4 rings (SSSR count). The third kappa shape index (κ3) is 5.25. The summed E-state index contributed by atoms with van der Waals surface area (Å²) in [6, 6.07) is 16.3. The summed E-state index contributed by atoms with van der Waals surface area (Å²) in [4.78, 5) is 17.1. The summed E-state index contributed by atoms with van der Waals surface area (Å²) in [5, 5.41) is 6.96. The number of rotatable bonds is 9. The minimum atomic E-state index is -0.315. The standard InChI is InChI=1S/C27H27N3O6/c1-16-10-11-19(12-17(16)2)35-15-24(31)28-21-9-7-6-8-20(21)27-29-26(30-36-27)18-13-22(32-3)25(34-5)23(14-18)33-4/h6-14H,15H2,1-5H3,(H,28,31). The average molecular weight is 490 g/mol. The van der Waals surface area contributed by atoms with Crippen LogP contribution in [0, 0.1) is 13.8 Å². The molecule has 0 saturated carbocycles. The number of carbonyl (C=O) groups excluding carboxylic acids is 1. The highest BCUT2D eigenvalue weighted by Gasteiger charge is 2.19. The minimum absolute atomic E-state index is 0.142. The molecule has 36 heavy (non-hydrogen) atoms. The molecular formula is C27H27N3O6. The first-order chi connectivity index (χ1) is 17.4. The molecule has 0 atom stereocenters. The van der Waals surface area contributed by atoms with E-state index in [2.05, 4.69) is 15.5 Å². The second-order valence-electron chi connectivity index (χ2n) is 7.97. The SMILES string of the molecule is COc1cc(-c2noc(-c3ccccc3NC(=O)COc3ccc(C)c(C)c3)n2)cc(OC)c1OC. The van der Waals surface area contributed by atoms with Crippen molar-refractivity contribution in [1.82, 2.24) is 10.1 Å². The van der Waals surface area contributed by atoms with Gasteiger partial charge in [-0.15, -0.1) is 0 Å². The maximum absolute atomic E-state index is 12.6. The van der Waals surface area contributed by atoms with Gasteiger partial charge in [0.05, 0.1) is 32.6 Å². The number of para-hydroxylation sites is 1. The highest BCUT2D eigenvalue weighted by atomic mass is 16.5. The van der Waals surface area contributed by atoms with E-state index in [0.717, 1.165) is 11.1 Å². The van der Waals surface area contributed by atoms with Gasteiger partial charge < -0.3 is 28.8 Å². The second-order valence-corrected chi connectivity index (χ2v) is 7.97. The van der Waals surface area contributed by atoms with Crippen LogP contribution in [0.25, 0.3) is 22.8 Å². The predicted molar refractivity (Wildman–Crippen MR) is 135 cm³/mol. The molecular weight excluding hydrogens is 462 g/mol. The molecule has 0 aliphatic heterocycles. The fraction of sp³-hybridized carbons (Fsp3) is 0.222. The van der Waals surface area contributed by atoms with Gasteiger partial charge in [0.1, 0.15) is 5.75 Å². The molecule has 9 heteroatoms. The molecule has 0 saturated heterocycles. The van der Waals surface area contributed by atoms with Crippen molar-refractivity contribution in [2.24, 2.45) is 0 Å². The number of anilines is 1. The molecule has 0 spiro atoms. The number of aryl methyl sites for hydroxylation is 2. The Hall–Kier alpha value is -4.53. The second kappa shape index (κ2) is 10.8. The Bertz CT molecular complexity index is 1360. The van der Waals surface area contributed by atoms with Crippen LogP contribution in [-0.4, -0.2) is 44.0 Å². The molecule has 0 aliphatic carbocycles. The maximum Gasteiger partial charge on any atom is 0.262 e. The largest absolute Gasteiger partial charge is 0.493 e. The lowest BCUT2D eigenvalue weighted by atomic mass is 10.1. The summed E-state index contributed by atoms with van der Waals surface area (Å²) < 4.78 is 27.4. The molecule has 1 N–H and O–H groups in total. The number of ether oxygens (including phenoxy) is 4. The summed E-state index contributed by atoms with van der Waals surface area (Å²) in [6.45, 7) is 3.87. The quantitative estimate of drug-likeness (QED) is 0.348. The van der Waals surface area contributed by atoms with Gasteiger partial charge in [-0.3, -0.25) is 4.79 Å². The minimum Gasteiger partial charge on any atom is -0.493 e. The molecule has 0 aliphatic rings. The number of hydrogen-bond acceptors (Lipinski definition) is 8. The zero-order chi connectivity index (χ0) is 25.7. The fourth-order valence-electron chi connectivity index (χ4n) is 3.58. The zero-order valence-corrected chi connectivity index (χ0v) is 20.7. The summed E-state index contributed by atoms with van der Waals surface area (Å²) >= 11 is 0. The van der Waals surface area contributed by atoms with E-state index in [1.807, 2.05) is 38.1 Å². The topological polar surface area (TPSA) is 105 Å². The van der Waals surface area contributed by atoms with Crippen LogP contribution in [-0.2, 0) is 4.79 Å². The molecule has 3 aromatic carbocycles. The first-order valence-electron chi connectivity index (χ1n) is 11.2. The number of hydrogen-bond donors (Lipinski definition) is 1. The van der Waals surface area contributed by atoms with Gasteiger partial charge in [0.25, 0.3) is 11.8 Å². The van der Waals surface area contributed by atoms with Gasteiger partial charge >= 0.3 is 0 Å². The van der Waals surface area contributed by atoms with Crippen molar-refractivity contribution in [1.29, 1.82) is 0 Å². The fourth-order valence-corrected chi connectivity index (χ4v) is 3.58. The van der Waals surface area contributed by atoms with Crippen LogP contribution in [0.4, 0.5) is 5.69 Å². The van der Waals surface area contributed by atoms with Crippen LogP contribution in [0.3, 0.4) is 0 Å². The molecule has 1 aromatic heterocycles. The van der Waals surface area contributed by atoms with Gasteiger partial charge in [-0.2, -0.15) is 4.98 Å². The lowest BCUT2D eigenvalue weighted by Gasteiger charge is -2.12. The van der Waals surface area contributed by atoms with Crippen LogP contribution < -0.4 is 24.3 Å². The first kappa shape index (κ1) is 24.6. The summed E-state index contributed by atoms with van der Waals surface area (Å²) in [7, 11) is 4.60. The molecule has 186 valence electrons. The lowest BCUT2D eigenvalue weighted by molar-refractivity contribution is -0.118. The Morgan fingerprint density at radius 1 is 0.917 bits per heavy atom. The smallest absolute Gasteiger partial charge is 0.262 e. The van der Waals surface area contributed by atoms with Gasteiger partial charge in [-0.25, -0.2) is 0 Å². The number of carbonyl (C=O) groups is 1. The van der Waals surface area contributed by atoms with E-state index in [9.17, 15) is 4.79 Å². The lowest BCUT2D eigenvalue weighted by Crippen LogP contribution is -2.20. The Morgan fingerprint density at radius 2 is 1.64 bits per heavy atom. The Balaban J connectivity index is 1.54. The number of methoxy groups -OCH3 is 3. The maximum atomic E-state index is 12.6. The molecule has 9 nitrogen and oxygen atoms in total. The molecule has 0 unspecified atom stereocenters. The molecule has 1 heterocycles. The molecule has 4 aromatic rings. The number of aromatic nitrogens is 2. The molecule has 0 radical (unpaired) electrons. The Morgan fingerprint density at radius 3 is 2.31 bits per heavy atom. The average Bonchev–Trinajstić information content (AvgIpc) is 3.39. The van der Waals surface area contributed by atoms with Crippen molar-refractivity contribution >= 4 is 11.6 Å². The third-order valence-corrected chi connectivity index (χ3v) is 5.63. The van der Waals surface area contributed by atoms with E-state index >= 15 is 0 Å². The first-order valence-corrected chi connectivity index (χ1v) is 11.2. The van der Waals surface area contributed by atoms with Crippen molar-refractivity contribution in [3.8, 4) is 45.8 Å². The third-order valence-electron chi connectivity index (χ3n) is 5.63. The van der Waals surface area contributed by atoms with E-state index in [0.29, 0.717) is 45.6 Å². The number of benzene rings is 3. The van der Waals surface area contributed by atoms with Crippen LogP contribution >= 0.6 is 0 Å². The Labute approximate surface area is 209 Å². The van der Waals surface area contributed by atoms with Crippen LogP contribution in [0.1, 0.15) is 11.1 Å². The monoisotopic (exact) mass is 489 g/mol. The summed E-state index contributed by atoms with van der Waals surface area (Å²) in [6.07, 6.45) is 0. The van der Waals surface area contributed by atoms with Crippen molar-refractivity contribution in [3.05, 3.63) is 65.7 Å². The van der Waals surface area contributed by atoms with Crippen LogP contribution in [0.5, 0.6) is 23.0 Å². The number of amides is 1. The van der Waals surface area contributed by atoms with Gasteiger partial charge in [0.15, 0.2) is 18.1 Å². The van der Waals surface area contributed by atoms with Crippen molar-refractivity contribution in [2.45, 2.75) is 13.8 Å². The van der Waals surface area contributed by atoms with Crippen LogP contribution in [0.15, 0.2) is 59.1 Å². The highest BCUT2D eigenvalue weighted by Crippen LogP contribution is 2.41. The predicted octanol–water partition coefficient (Wildman–Crippen LogP) is 5.06. The van der Waals surface area contributed by atoms with E-state index in [1.165, 1.54) is 21.3 Å². The zero-order valence-electron chi connectivity index (χ0n) is 20.7. The molecule has 0 fully saturated rings. The summed E-state index contributed by atoms with van der Waals surface area (Å²) in [5.74, 6) is 2.28. The van der Waals surface area contributed by atoms with Gasteiger partial charge in [-0.1, -0.05) is 23.4 Å². The van der Waals surface area contributed by atoms with E-state index in [4.69, 9.17) is 23.5 Å². The molecule has 1 amide bonds. The Kier molecular flexibility index (Phi) is 7.39.